The molecule has 2 aromatic carbocycles. The van der Waals surface area contributed by atoms with Crippen molar-refractivity contribution in [2.45, 2.75) is 32.0 Å². The van der Waals surface area contributed by atoms with Crippen LogP contribution >= 0.6 is 0 Å². The second kappa shape index (κ2) is 11.8. The zero-order valence-corrected chi connectivity index (χ0v) is 21.3. The standard InChI is InChI=1S/C27H32F3N5O3/c1-2-19-6-8-21(9-7-19)32-24(36)17-23-26(38)31-10-11-35(23)25(37)18-33-12-14-34(15-13-33)22-5-3-4-20(16-22)27(28,29)30/h3-9,16,23H,2,10-15,17-18H2,1H3,(H,31,38)(H,32,36)/t23-/m0/s1. The van der Waals surface area contributed by atoms with Crippen molar-refractivity contribution >= 4 is 29.1 Å². The van der Waals surface area contributed by atoms with E-state index in [0.29, 0.717) is 50.6 Å². The van der Waals surface area contributed by atoms with E-state index in [1.165, 1.54) is 11.0 Å². The number of carbonyl (C=O) groups excluding carboxylic acids is 3. The number of piperazine rings is 2. The monoisotopic (exact) mass is 531 g/mol. The molecule has 2 fully saturated rings. The highest BCUT2D eigenvalue weighted by atomic mass is 19.4. The van der Waals surface area contributed by atoms with Crippen LogP contribution in [0.2, 0.25) is 0 Å². The number of carbonyl (C=O) groups is 3. The lowest BCUT2D eigenvalue weighted by Gasteiger charge is -2.39. The molecule has 1 atom stereocenters. The normalized spacial score (nSPS) is 18.7. The molecule has 2 aliphatic heterocycles. The van der Waals surface area contributed by atoms with Gasteiger partial charge in [-0.1, -0.05) is 25.1 Å². The first-order chi connectivity index (χ1) is 18.1. The second-order valence-electron chi connectivity index (χ2n) is 9.51. The molecule has 3 amide bonds. The molecule has 2 aromatic rings. The van der Waals surface area contributed by atoms with E-state index in [4.69, 9.17) is 0 Å². The molecule has 0 spiro atoms. The van der Waals surface area contributed by atoms with Crippen molar-refractivity contribution in [1.82, 2.24) is 15.1 Å². The number of nitrogens with zero attached hydrogens (tertiary/aromatic N) is 3. The highest BCUT2D eigenvalue weighted by Gasteiger charge is 2.36. The van der Waals surface area contributed by atoms with Crippen LogP contribution in [-0.2, 0) is 27.0 Å². The van der Waals surface area contributed by atoms with E-state index in [1.807, 2.05) is 28.9 Å². The molecule has 0 saturated carbocycles. The van der Waals surface area contributed by atoms with E-state index >= 15 is 0 Å². The lowest BCUT2D eigenvalue weighted by molar-refractivity contribution is -0.145. The predicted octanol–water partition coefficient (Wildman–Crippen LogP) is 2.75. The van der Waals surface area contributed by atoms with Gasteiger partial charge in [0, 0.05) is 50.6 Å². The van der Waals surface area contributed by atoms with E-state index in [-0.39, 0.29) is 30.7 Å². The van der Waals surface area contributed by atoms with Gasteiger partial charge in [0.05, 0.1) is 18.5 Å². The molecule has 2 N–H and O–H groups in total. The topological polar surface area (TPSA) is 85.0 Å². The number of benzene rings is 2. The van der Waals surface area contributed by atoms with Crippen LogP contribution in [0.5, 0.6) is 0 Å². The Morgan fingerprint density at radius 1 is 1.03 bits per heavy atom. The Labute approximate surface area is 219 Å². The van der Waals surface area contributed by atoms with Gasteiger partial charge < -0.3 is 20.4 Å². The SMILES string of the molecule is CCc1ccc(NC(=O)C[C@H]2C(=O)NCCN2C(=O)CN2CCN(c3cccc(C(F)(F)F)c3)CC2)cc1. The molecule has 2 aliphatic rings. The largest absolute Gasteiger partial charge is 0.416 e. The maximum absolute atomic E-state index is 13.2. The molecule has 0 aliphatic carbocycles. The smallest absolute Gasteiger partial charge is 0.369 e. The van der Waals surface area contributed by atoms with Crippen LogP contribution in [0.4, 0.5) is 24.5 Å². The van der Waals surface area contributed by atoms with Gasteiger partial charge in [0.15, 0.2) is 0 Å². The Bertz CT molecular complexity index is 1150. The summed E-state index contributed by atoms with van der Waals surface area (Å²) in [7, 11) is 0. The van der Waals surface area contributed by atoms with Crippen LogP contribution in [0, 0.1) is 0 Å². The third-order valence-electron chi connectivity index (χ3n) is 6.95. The molecular weight excluding hydrogens is 499 g/mol. The Kier molecular flexibility index (Phi) is 8.55. The third-order valence-corrected chi connectivity index (χ3v) is 6.95. The summed E-state index contributed by atoms with van der Waals surface area (Å²) in [4.78, 5) is 43.7. The number of amides is 3. The number of hydrogen-bond acceptors (Lipinski definition) is 5. The molecule has 0 radical (unpaired) electrons. The maximum atomic E-state index is 13.2. The lowest BCUT2D eigenvalue weighted by Crippen LogP contribution is -2.60. The highest BCUT2D eigenvalue weighted by Crippen LogP contribution is 2.32. The first kappa shape index (κ1) is 27.4. The molecule has 8 nitrogen and oxygen atoms in total. The van der Waals surface area contributed by atoms with Crippen LogP contribution in [0.3, 0.4) is 0 Å². The molecule has 0 aromatic heterocycles. The Morgan fingerprint density at radius 2 is 1.74 bits per heavy atom. The average molecular weight is 532 g/mol. The first-order valence-electron chi connectivity index (χ1n) is 12.7. The highest BCUT2D eigenvalue weighted by molar-refractivity contribution is 5.97. The van der Waals surface area contributed by atoms with Crippen LogP contribution in [0.1, 0.15) is 24.5 Å². The van der Waals surface area contributed by atoms with Crippen LogP contribution in [-0.4, -0.2) is 79.4 Å². The Morgan fingerprint density at radius 3 is 2.39 bits per heavy atom. The molecule has 11 heteroatoms. The van der Waals surface area contributed by atoms with Gasteiger partial charge in [0.25, 0.3) is 0 Å². The zero-order chi connectivity index (χ0) is 27.3. The Balaban J connectivity index is 1.32. The van der Waals surface area contributed by atoms with Gasteiger partial charge in [-0.3, -0.25) is 19.3 Å². The van der Waals surface area contributed by atoms with Crippen molar-refractivity contribution in [1.29, 1.82) is 0 Å². The number of hydrogen-bond donors (Lipinski definition) is 2. The molecule has 2 heterocycles. The summed E-state index contributed by atoms with van der Waals surface area (Å²) >= 11 is 0. The maximum Gasteiger partial charge on any atom is 0.416 e. The second-order valence-corrected chi connectivity index (χ2v) is 9.51. The number of halogens is 3. The molecular formula is C27H32F3N5O3. The summed E-state index contributed by atoms with van der Waals surface area (Å²) in [6.07, 6.45) is -3.68. The fraction of sp³-hybridized carbons (Fsp3) is 0.444. The molecule has 2 saturated heterocycles. The molecule has 4 rings (SSSR count). The number of rotatable bonds is 7. The quantitative estimate of drug-likeness (QED) is 0.574. The van der Waals surface area contributed by atoms with E-state index in [2.05, 4.69) is 10.6 Å². The van der Waals surface area contributed by atoms with Gasteiger partial charge in [-0.25, -0.2) is 0 Å². The van der Waals surface area contributed by atoms with E-state index < -0.39 is 17.8 Å². The van der Waals surface area contributed by atoms with Crippen LogP contribution in [0.25, 0.3) is 0 Å². The van der Waals surface area contributed by atoms with Gasteiger partial charge in [0.2, 0.25) is 17.7 Å². The summed E-state index contributed by atoms with van der Waals surface area (Å²) in [5.41, 5.74) is 1.57. The van der Waals surface area contributed by atoms with Gasteiger partial charge >= 0.3 is 6.18 Å². The fourth-order valence-electron chi connectivity index (χ4n) is 4.75. The first-order valence-corrected chi connectivity index (χ1v) is 12.7. The third kappa shape index (κ3) is 6.83. The lowest BCUT2D eigenvalue weighted by atomic mass is 10.1. The number of alkyl halides is 3. The minimum atomic E-state index is -4.40. The van der Waals surface area contributed by atoms with Gasteiger partial charge in [-0.2, -0.15) is 13.2 Å². The summed E-state index contributed by atoms with van der Waals surface area (Å²) in [5, 5.41) is 5.52. The van der Waals surface area contributed by atoms with Crippen LogP contribution < -0.4 is 15.5 Å². The van der Waals surface area contributed by atoms with E-state index in [1.54, 1.807) is 18.2 Å². The number of nitrogens with one attached hydrogen (secondary N) is 2. The molecule has 0 unspecified atom stereocenters. The van der Waals surface area contributed by atoms with Crippen molar-refractivity contribution < 1.29 is 27.6 Å². The summed E-state index contributed by atoms with van der Waals surface area (Å²) < 4.78 is 39.2. The number of aryl methyl sites for hydroxylation is 1. The molecule has 38 heavy (non-hydrogen) atoms. The van der Waals surface area contributed by atoms with Gasteiger partial charge in [-0.15, -0.1) is 0 Å². The minimum Gasteiger partial charge on any atom is -0.369 e. The van der Waals surface area contributed by atoms with Crippen molar-refractivity contribution in [3.8, 4) is 0 Å². The summed E-state index contributed by atoms with van der Waals surface area (Å²) in [6.45, 7) is 4.64. The van der Waals surface area contributed by atoms with Crippen molar-refractivity contribution in [2.75, 3.05) is 56.0 Å². The van der Waals surface area contributed by atoms with Crippen molar-refractivity contribution in [2.24, 2.45) is 0 Å². The number of anilines is 2. The van der Waals surface area contributed by atoms with Crippen LogP contribution in [0.15, 0.2) is 48.5 Å². The fourth-order valence-corrected chi connectivity index (χ4v) is 4.75. The minimum absolute atomic E-state index is 0.0698. The zero-order valence-electron chi connectivity index (χ0n) is 21.3. The summed E-state index contributed by atoms with van der Waals surface area (Å²) in [6, 6.07) is 11.8. The van der Waals surface area contributed by atoms with Crippen molar-refractivity contribution in [3.05, 3.63) is 59.7 Å². The Hall–Kier alpha value is -3.60. The predicted molar refractivity (Wildman–Crippen MR) is 138 cm³/mol. The van der Waals surface area contributed by atoms with Gasteiger partial charge in [-0.05, 0) is 42.3 Å². The van der Waals surface area contributed by atoms with E-state index in [0.717, 1.165) is 24.1 Å². The van der Waals surface area contributed by atoms with Crippen molar-refractivity contribution in [3.63, 3.8) is 0 Å². The summed E-state index contributed by atoms with van der Waals surface area (Å²) in [5.74, 6) is -0.975. The molecule has 204 valence electrons. The van der Waals surface area contributed by atoms with E-state index in [9.17, 15) is 27.6 Å². The van der Waals surface area contributed by atoms with Gasteiger partial charge in [0.1, 0.15) is 6.04 Å². The molecule has 0 bridgehead atoms. The average Bonchev–Trinajstić information content (AvgIpc) is 2.90.